The summed E-state index contributed by atoms with van der Waals surface area (Å²) in [5.74, 6) is -0.0648. The van der Waals surface area contributed by atoms with Crippen molar-refractivity contribution >= 4 is 17.0 Å². The third kappa shape index (κ3) is 6.36. The van der Waals surface area contributed by atoms with Crippen molar-refractivity contribution in [3.63, 3.8) is 0 Å². The second-order valence-corrected chi connectivity index (χ2v) is 10.3. The summed E-state index contributed by atoms with van der Waals surface area (Å²) in [6.07, 6.45) is 0. The Hall–Kier alpha value is -1.20. The highest BCUT2D eigenvalue weighted by Crippen LogP contribution is 2.25. The predicted octanol–water partition coefficient (Wildman–Crippen LogP) is 4.39. The lowest BCUT2D eigenvalue weighted by Crippen LogP contribution is -2.37. The second-order valence-electron chi connectivity index (χ2n) is 8.34. The standard InChI is InChI=1S/C19H31NO3S/c1-13(2)16(20-24(22)19(6,7)8)14-9-11-15(12-10-14)17(21)23-18(3,4)5/h9-13,16,20H,1-8H3/t16-,24-/m1/s1. The maximum atomic E-state index is 12.4. The third-order valence-electron chi connectivity index (χ3n) is 3.36. The fourth-order valence-electron chi connectivity index (χ4n) is 2.04. The maximum Gasteiger partial charge on any atom is 0.338 e. The molecule has 0 heterocycles. The lowest BCUT2D eigenvalue weighted by molar-refractivity contribution is 0.00695. The van der Waals surface area contributed by atoms with E-state index >= 15 is 0 Å². The van der Waals surface area contributed by atoms with E-state index in [4.69, 9.17) is 4.74 Å². The number of benzene rings is 1. The van der Waals surface area contributed by atoms with E-state index in [1.165, 1.54) is 0 Å². The van der Waals surface area contributed by atoms with Crippen LogP contribution in [0.4, 0.5) is 0 Å². The van der Waals surface area contributed by atoms with Crippen molar-refractivity contribution < 1.29 is 13.7 Å². The lowest BCUT2D eigenvalue weighted by Gasteiger charge is -2.27. The highest BCUT2D eigenvalue weighted by atomic mass is 32.2. The van der Waals surface area contributed by atoms with E-state index in [1.807, 2.05) is 53.7 Å². The normalized spacial score (nSPS) is 15.2. The smallest absolute Gasteiger partial charge is 0.338 e. The van der Waals surface area contributed by atoms with E-state index in [1.54, 1.807) is 12.1 Å². The summed E-state index contributed by atoms with van der Waals surface area (Å²) in [5.41, 5.74) is 1.02. The molecule has 5 heteroatoms. The number of hydrogen-bond acceptors (Lipinski definition) is 3. The average molecular weight is 354 g/mol. The van der Waals surface area contributed by atoms with Crippen molar-refractivity contribution in [3.8, 4) is 0 Å². The molecule has 0 saturated heterocycles. The zero-order chi connectivity index (χ0) is 18.7. The fraction of sp³-hybridized carbons (Fsp3) is 0.632. The van der Waals surface area contributed by atoms with Crippen LogP contribution in [0.2, 0.25) is 0 Å². The molecule has 0 radical (unpaired) electrons. The number of ether oxygens (including phenoxy) is 1. The largest absolute Gasteiger partial charge is 0.456 e. The minimum Gasteiger partial charge on any atom is -0.456 e. The summed E-state index contributed by atoms with van der Waals surface area (Å²) in [6.45, 7) is 15.5. The molecule has 0 spiro atoms. The molecule has 0 aliphatic heterocycles. The first-order valence-electron chi connectivity index (χ1n) is 8.32. The van der Waals surface area contributed by atoms with E-state index in [0.717, 1.165) is 5.56 Å². The molecular formula is C19H31NO3S. The third-order valence-corrected chi connectivity index (χ3v) is 4.94. The Kier molecular flexibility index (Phi) is 6.76. The second kappa shape index (κ2) is 7.79. The monoisotopic (exact) mass is 353 g/mol. The Morgan fingerprint density at radius 3 is 1.92 bits per heavy atom. The van der Waals surface area contributed by atoms with Gasteiger partial charge in [-0.2, -0.15) is 0 Å². The topological polar surface area (TPSA) is 55.4 Å². The van der Waals surface area contributed by atoms with Crippen molar-refractivity contribution in [1.82, 2.24) is 4.72 Å². The number of esters is 1. The van der Waals surface area contributed by atoms with E-state index in [0.29, 0.717) is 5.56 Å². The maximum absolute atomic E-state index is 12.4. The van der Waals surface area contributed by atoms with Gasteiger partial charge < -0.3 is 4.74 Å². The van der Waals surface area contributed by atoms with Gasteiger partial charge in [0.05, 0.1) is 21.3 Å². The van der Waals surface area contributed by atoms with Gasteiger partial charge >= 0.3 is 5.97 Å². The van der Waals surface area contributed by atoms with Gasteiger partial charge in [-0.25, -0.2) is 13.7 Å². The zero-order valence-electron chi connectivity index (χ0n) is 16.1. The molecule has 1 aromatic carbocycles. The summed E-state index contributed by atoms with van der Waals surface area (Å²) in [7, 11) is -1.16. The van der Waals surface area contributed by atoms with Crippen molar-refractivity contribution in [1.29, 1.82) is 0 Å². The van der Waals surface area contributed by atoms with Crippen LogP contribution in [0, 0.1) is 5.92 Å². The molecule has 1 aromatic rings. The molecule has 1 rings (SSSR count). The highest BCUT2D eigenvalue weighted by molar-refractivity contribution is 7.84. The van der Waals surface area contributed by atoms with Crippen LogP contribution in [-0.2, 0) is 15.7 Å². The van der Waals surface area contributed by atoms with Gasteiger partial charge in [-0.1, -0.05) is 26.0 Å². The van der Waals surface area contributed by atoms with Gasteiger partial charge in [0.1, 0.15) is 5.60 Å². The molecule has 1 N–H and O–H groups in total. The zero-order valence-corrected chi connectivity index (χ0v) is 16.9. The van der Waals surface area contributed by atoms with Crippen LogP contribution in [0.25, 0.3) is 0 Å². The van der Waals surface area contributed by atoms with E-state index in [2.05, 4.69) is 18.6 Å². The Morgan fingerprint density at radius 2 is 1.54 bits per heavy atom. The summed E-state index contributed by atoms with van der Waals surface area (Å²) in [4.78, 5) is 12.1. The Labute approximate surface area is 149 Å². The van der Waals surface area contributed by atoms with Crippen LogP contribution in [0.3, 0.4) is 0 Å². The quantitative estimate of drug-likeness (QED) is 0.799. The molecular weight excluding hydrogens is 322 g/mol. The Bertz CT molecular complexity index is 580. The Balaban J connectivity index is 2.95. The van der Waals surface area contributed by atoms with Gasteiger partial charge in [-0.3, -0.25) is 0 Å². The fourth-order valence-corrected chi connectivity index (χ4v) is 3.04. The van der Waals surface area contributed by atoms with E-state index in [9.17, 15) is 9.00 Å². The molecule has 0 amide bonds. The predicted molar refractivity (Wildman–Crippen MR) is 100 cm³/mol. The lowest BCUT2D eigenvalue weighted by atomic mass is 9.96. The van der Waals surface area contributed by atoms with Crippen molar-refractivity contribution in [2.45, 2.75) is 71.8 Å². The molecule has 136 valence electrons. The van der Waals surface area contributed by atoms with Crippen LogP contribution in [-0.4, -0.2) is 20.5 Å². The number of rotatable bonds is 5. The molecule has 0 unspecified atom stereocenters. The number of nitrogens with one attached hydrogen (secondary N) is 1. The number of hydrogen-bond donors (Lipinski definition) is 1. The first-order chi connectivity index (χ1) is 10.8. The molecule has 0 fully saturated rings. The van der Waals surface area contributed by atoms with Gasteiger partial charge in [0.15, 0.2) is 0 Å². The van der Waals surface area contributed by atoms with Gasteiger partial charge in [0.2, 0.25) is 0 Å². The minimum absolute atomic E-state index is 0.0438. The van der Waals surface area contributed by atoms with Crippen LogP contribution in [0.5, 0.6) is 0 Å². The van der Waals surface area contributed by atoms with E-state index < -0.39 is 16.6 Å². The van der Waals surface area contributed by atoms with Crippen molar-refractivity contribution in [2.24, 2.45) is 5.92 Å². The summed E-state index contributed by atoms with van der Waals surface area (Å²) < 4.78 is 20.7. The molecule has 0 saturated carbocycles. The van der Waals surface area contributed by atoms with Crippen LogP contribution < -0.4 is 4.72 Å². The molecule has 0 bridgehead atoms. The Morgan fingerprint density at radius 1 is 1.04 bits per heavy atom. The van der Waals surface area contributed by atoms with Gasteiger partial charge in [-0.05, 0) is 65.2 Å². The first-order valence-corrected chi connectivity index (χ1v) is 9.47. The van der Waals surface area contributed by atoms with Crippen LogP contribution in [0.15, 0.2) is 24.3 Å². The first kappa shape index (κ1) is 20.8. The number of carbonyl (C=O) groups excluding carboxylic acids is 1. The van der Waals surface area contributed by atoms with Crippen molar-refractivity contribution in [2.75, 3.05) is 0 Å². The molecule has 4 nitrogen and oxygen atoms in total. The van der Waals surface area contributed by atoms with E-state index in [-0.39, 0.29) is 22.7 Å². The highest BCUT2D eigenvalue weighted by Gasteiger charge is 2.25. The summed E-state index contributed by atoms with van der Waals surface area (Å²) in [5, 5.41) is 0. The summed E-state index contributed by atoms with van der Waals surface area (Å²) in [6, 6.07) is 7.28. The molecule has 2 atom stereocenters. The number of carbonyl (C=O) groups is 1. The molecule has 24 heavy (non-hydrogen) atoms. The summed E-state index contributed by atoms with van der Waals surface area (Å²) >= 11 is 0. The SMILES string of the molecule is CC(C)[C@@H](N[S@](=O)C(C)(C)C)c1ccc(C(=O)OC(C)(C)C)cc1. The molecule has 0 aromatic heterocycles. The average Bonchev–Trinajstić information content (AvgIpc) is 2.41. The van der Waals surface area contributed by atoms with Gasteiger partial charge in [0.25, 0.3) is 0 Å². The minimum atomic E-state index is -1.16. The van der Waals surface area contributed by atoms with Gasteiger partial charge in [0, 0.05) is 6.04 Å². The van der Waals surface area contributed by atoms with Crippen LogP contribution in [0.1, 0.15) is 77.4 Å². The van der Waals surface area contributed by atoms with Gasteiger partial charge in [-0.15, -0.1) is 0 Å². The van der Waals surface area contributed by atoms with Crippen LogP contribution >= 0.6 is 0 Å². The molecule has 0 aliphatic carbocycles. The van der Waals surface area contributed by atoms with Crippen molar-refractivity contribution in [3.05, 3.63) is 35.4 Å². The molecule has 0 aliphatic rings.